The molecular formula is C50H59N9O8. The quantitative estimate of drug-likeness (QED) is 0.0385. The predicted octanol–water partition coefficient (Wildman–Crippen LogP) is 5.86. The van der Waals surface area contributed by atoms with Crippen LogP contribution in [-0.2, 0) is 31.1 Å². The van der Waals surface area contributed by atoms with Crippen molar-refractivity contribution < 1.29 is 38.1 Å². The van der Waals surface area contributed by atoms with Gasteiger partial charge < -0.3 is 39.8 Å². The summed E-state index contributed by atoms with van der Waals surface area (Å²) in [5, 5.41) is 20.3. The maximum absolute atomic E-state index is 13.6. The van der Waals surface area contributed by atoms with E-state index >= 15 is 0 Å². The average molecular weight is 914 g/mol. The number of pyridine rings is 1. The van der Waals surface area contributed by atoms with Gasteiger partial charge in [0.15, 0.2) is 11.6 Å². The van der Waals surface area contributed by atoms with Crippen LogP contribution in [0.25, 0.3) is 11.4 Å². The van der Waals surface area contributed by atoms with Gasteiger partial charge >= 0.3 is 0 Å². The number of amides is 4. The van der Waals surface area contributed by atoms with Crippen LogP contribution >= 0.6 is 0 Å². The fourth-order valence-electron chi connectivity index (χ4n) is 8.63. The number of rotatable bonds is 23. The van der Waals surface area contributed by atoms with Gasteiger partial charge in [0.25, 0.3) is 11.8 Å². The summed E-state index contributed by atoms with van der Waals surface area (Å²) in [7, 11) is 0. The highest BCUT2D eigenvalue weighted by molar-refractivity contribution is 6.05. The molecule has 0 radical (unpaired) electrons. The van der Waals surface area contributed by atoms with Crippen molar-refractivity contribution in [3.05, 3.63) is 119 Å². The second kappa shape index (κ2) is 22.7. The highest BCUT2D eigenvalue weighted by atomic mass is 16.5. The zero-order valence-corrected chi connectivity index (χ0v) is 37.9. The van der Waals surface area contributed by atoms with E-state index < -0.39 is 17.5 Å². The molecule has 0 saturated carbocycles. The minimum atomic E-state index is -0.642. The standard InChI is InChI=1S/C50H59N9O8/c1-34(53-46(61)37-9-5-10-39(30-37)56-50(18-22-52-23-19-50)49-55-45(57-58-49)35-16-20-51-21-17-35)36-8-6-11-40(31-36)66-27-4-2-3-24-64-25-7-26-65-28-29-67-41-12-13-42-38(32-41)33-59(48(42)63)43-14-15-44(60)54-47(43)62/h5-6,8-13,16-17,20-21,30-32,34,43,52,56H,2-4,7,14-15,18-19,22-29,33H2,1H3,(H,53,61)(H,54,60,62)(H,55,57,58)/t34-,43?/m1/s1. The first kappa shape index (κ1) is 46.8. The van der Waals surface area contributed by atoms with Crippen LogP contribution in [0, 0.1) is 0 Å². The molecule has 352 valence electrons. The van der Waals surface area contributed by atoms with Crippen LogP contribution in [0.5, 0.6) is 11.5 Å². The Hall–Kier alpha value is -6.69. The second-order valence-corrected chi connectivity index (χ2v) is 17.1. The van der Waals surface area contributed by atoms with Gasteiger partial charge in [-0.2, -0.15) is 5.10 Å². The number of benzene rings is 3. The van der Waals surface area contributed by atoms with Crippen LogP contribution < -0.4 is 30.7 Å². The van der Waals surface area contributed by atoms with Crippen molar-refractivity contribution in [2.45, 2.75) is 82.5 Å². The fraction of sp³-hybridized carbons (Fsp3) is 0.420. The van der Waals surface area contributed by atoms with Crippen LogP contribution in [0.3, 0.4) is 0 Å². The van der Waals surface area contributed by atoms with E-state index in [1.54, 1.807) is 24.5 Å². The predicted molar refractivity (Wildman–Crippen MR) is 249 cm³/mol. The second-order valence-electron chi connectivity index (χ2n) is 17.1. The maximum atomic E-state index is 13.6. The normalized spacial score (nSPS) is 17.1. The number of unbranched alkanes of at least 4 members (excludes halogenated alkanes) is 2. The van der Waals surface area contributed by atoms with E-state index in [0.29, 0.717) is 75.3 Å². The number of carbonyl (C=O) groups is 4. The molecule has 0 bridgehead atoms. The minimum Gasteiger partial charge on any atom is -0.494 e. The third-order valence-corrected chi connectivity index (χ3v) is 12.3. The van der Waals surface area contributed by atoms with Gasteiger partial charge in [-0.3, -0.25) is 34.6 Å². The van der Waals surface area contributed by atoms with Crippen LogP contribution in [0.4, 0.5) is 5.69 Å². The molecule has 3 aliphatic heterocycles. The zero-order valence-electron chi connectivity index (χ0n) is 37.9. The largest absolute Gasteiger partial charge is 0.494 e. The molecule has 2 aromatic heterocycles. The molecule has 5 aromatic rings. The van der Waals surface area contributed by atoms with E-state index in [0.717, 1.165) is 85.6 Å². The Morgan fingerprint density at radius 1 is 0.836 bits per heavy atom. The average Bonchev–Trinajstić information content (AvgIpc) is 3.98. The van der Waals surface area contributed by atoms with Crippen molar-refractivity contribution >= 4 is 29.3 Å². The van der Waals surface area contributed by atoms with E-state index in [1.807, 2.05) is 73.7 Å². The summed E-state index contributed by atoms with van der Waals surface area (Å²) in [6.07, 6.45) is 9.17. The van der Waals surface area contributed by atoms with Crippen molar-refractivity contribution in [2.24, 2.45) is 0 Å². The van der Waals surface area contributed by atoms with Gasteiger partial charge in [0, 0.05) is 67.6 Å². The highest BCUT2D eigenvalue weighted by Crippen LogP contribution is 2.34. The molecule has 3 aromatic carbocycles. The van der Waals surface area contributed by atoms with Crippen LogP contribution in [0.15, 0.2) is 91.3 Å². The first-order valence-electron chi connectivity index (χ1n) is 23.3. The van der Waals surface area contributed by atoms with Gasteiger partial charge in [0.2, 0.25) is 11.8 Å². The molecule has 0 aliphatic carbocycles. The first-order valence-corrected chi connectivity index (χ1v) is 23.3. The van der Waals surface area contributed by atoms with Crippen LogP contribution in [0.1, 0.15) is 102 Å². The van der Waals surface area contributed by atoms with Crippen LogP contribution in [0.2, 0.25) is 0 Å². The van der Waals surface area contributed by atoms with E-state index in [9.17, 15) is 19.2 Å². The number of piperidine rings is 2. The molecule has 5 N–H and O–H groups in total. The highest BCUT2D eigenvalue weighted by Gasteiger charge is 2.40. The maximum Gasteiger partial charge on any atom is 0.255 e. The SMILES string of the molecule is C[C@@H](NC(=O)c1cccc(NC2(c3nc(-c4ccncc4)n[nH]3)CCNCC2)c1)c1cccc(OCCCCCOCCCOCCOc2ccc3c(c2)CN(C2CCC(=O)NC2=O)C3=O)c1. The number of nitrogens with zero attached hydrogens (tertiary/aromatic N) is 4. The number of hydrogen-bond acceptors (Lipinski definition) is 13. The third kappa shape index (κ3) is 12.2. The molecule has 2 saturated heterocycles. The topological polar surface area (TPSA) is 211 Å². The molecule has 1 unspecified atom stereocenters. The summed E-state index contributed by atoms with van der Waals surface area (Å²) in [6.45, 7) is 7.12. The third-order valence-electron chi connectivity index (χ3n) is 12.3. The number of nitrogens with one attached hydrogen (secondary N) is 5. The summed E-state index contributed by atoms with van der Waals surface area (Å²) < 4.78 is 23.4. The molecule has 17 nitrogen and oxygen atoms in total. The summed E-state index contributed by atoms with van der Waals surface area (Å²) in [4.78, 5) is 60.8. The van der Waals surface area contributed by atoms with Crippen molar-refractivity contribution in [1.82, 2.24) is 41.0 Å². The van der Waals surface area contributed by atoms with E-state index in [2.05, 4.69) is 36.4 Å². The Morgan fingerprint density at radius 2 is 1.60 bits per heavy atom. The molecule has 3 aliphatic rings. The van der Waals surface area contributed by atoms with Crippen molar-refractivity contribution in [2.75, 3.05) is 58.0 Å². The van der Waals surface area contributed by atoms with Crippen molar-refractivity contribution in [3.63, 3.8) is 0 Å². The lowest BCUT2D eigenvalue weighted by atomic mass is 9.87. The lowest BCUT2D eigenvalue weighted by molar-refractivity contribution is -0.136. The number of imide groups is 1. The summed E-state index contributed by atoms with van der Waals surface area (Å²) >= 11 is 0. The molecule has 2 atom stereocenters. The lowest BCUT2D eigenvalue weighted by Crippen LogP contribution is -2.52. The fourth-order valence-corrected chi connectivity index (χ4v) is 8.63. The molecular weight excluding hydrogens is 855 g/mol. The number of aromatic amines is 1. The molecule has 8 rings (SSSR count). The number of ether oxygens (including phenoxy) is 4. The molecule has 17 heteroatoms. The lowest BCUT2D eigenvalue weighted by Gasteiger charge is -2.37. The minimum absolute atomic E-state index is 0.168. The molecule has 2 fully saturated rings. The Labute approximate surface area is 390 Å². The molecule has 4 amide bonds. The van der Waals surface area contributed by atoms with Crippen molar-refractivity contribution in [1.29, 1.82) is 0 Å². The summed E-state index contributed by atoms with van der Waals surface area (Å²) in [6, 6.07) is 23.6. The summed E-state index contributed by atoms with van der Waals surface area (Å²) in [5.41, 5.74) is 4.10. The number of H-pyrrole nitrogens is 1. The van der Waals surface area contributed by atoms with Gasteiger partial charge in [-0.15, -0.1) is 0 Å². The Bertz CT molecular complexity index is 2480. The monoisotopic (exact) mass is 913 g/mol. The molecule has 0 spiro atoms. The van der Waals surface area contributed by atoms with Crippen molar-refractivity contribution in [3.8, 4) is 22.9 Å². The van der Waals surface area contributed by atoms with Gasteiger partial charge in [0.1, 0.15) is 24.1 Å². The van der Waals surface area contributed by atoms with E-state index in [-0.39, 0.29) is 30.2 Å². The number of carbonyl (C=O) groups excluding carboxylic acids is 4. The van der Waals surface area contributed by atoms with E-state index in [1.165, 1.54) is 4.90 Å². The smallest absolute Gasteiger partial charge is 0.255 e. The van der Waals surface area contributed by atoms with Gasteiger partial charge in [-0.25, -0.2) is 4.98 Å². The molecule has 67 heavy (non-hydrogen) atoms. The molecule has 5 heterocycles. The Balaban J connectivity index is 0.680. The Kier molecular flexibility index (Phi) is 15.8. The number of aromatic nitrogens is 4. The number of anilines is 1. The first-order chi connectivity index (χ1) is 32.7. The Morgan fingerprint density at radius 3 is 2.43 bits per heavy atom. The summed E-state index contributed by atoms with van der Waals surface area (Å²) in [5.74, 6) is 1.67. The van der Waals surface area contributed by atoms with Gasteiger partial charge in [-0.1, -0.05) is 18.2 Å². The van der Waals surface area contributed by atoms with Gasteiger partial charge in [0.05, 0.1) is 24.8 Å². The van der Waals surface area contributed by atoms with Gasteiger partial charge in [-0.05, 0) is 137 Å². The zero-order chi connectivity index (χ0) is 46.4. The number of hydrogen-bond donors (Lipinski definition) is 5. The number of fused-ring (bicyclic) bond motifs is 1. The van der Waals surface area contributed by atoms with Crippen LogP contribution in [-0.4, -0.2) is 107 Å². The van der Waals surface area contributed by atoms with E-state index in [4.69, 9.17) is 23.9 Å².